The minimum atomic E-state index is -4.36. The van der Waals surface area contributed by atoms with Crippen molar-refractivity contribution in [2.75, 3.05) is 19.8 Å². The Morgan fingerprint density at radius 3 is 2.42 bits per heavy atom. The summed E-state index contributed by atoms with van der Waals surface area (Å²) in [7, 11) is 0. The number of alkyl halides is 3. The van der Waals surface area contributed by atoms with Gasteiger partial charge in [0.05, 0.1) is 6.61 Å². The first-order chi connectivity index (χ1) is 8.96. The van der Waals surface area contributed by atoms with Gasteiger partial charge in [-0.1, -0.05) is 13.0 Å². The summed E-state index contributed by atoms with van der Waals surface area (Å²) < 4.78 is 46.4. The fourth-order valence-electron chi connectivity index (χ4n) is 1.48. The SMILES string of the molecule is CCNCc1ccc(OCC(F)(F)F)c(OCC)c1. The maximum absolute atomic E-state index is 12.1. The third-order valence-corrected chi connectivity index (χ3v) is 2.28. The summed E-state index contributed by atoms with van der Waals surface area (Å²) in [4.78, 5) is 0. The Morgan fingerprint density at radius 2 is 1.84 bits per heavy atom. The van der Waals surface area contributed by atoms with Crippen LogP contribution in [0.15, 0.2) is 18.2 Å². The summed E-state index contributed by atoms with van der Waals surface area (Å²) in [5.41, 5.74) is 0.935. The molecule has 0 radical (unpaired) electrons. The third-order valence-electron chi connectivity index (χ3n) is 2.28. The molecule has 0 unspecified atom stereocenters. The maximum Gasteiger partial charge on any atom is 0.422 e. The number of halogens is 3. The quantitative estimate of drug-likeness (QED) is 0.830. The summed E-state index contributed by atoms with van der Waals surface area (Å²) in [5.74, 6) is 0.446. The number of rotatable bonds is 7. The Labute approximate surface area is 110 Å². The van der Waals surface area contributed by atoms with Crippen molar-refractivity contribution in [3.8, 4) is 11.5 Å². The van der Waals surface area contributed by atoms with Crippen LogP contribution in [0.4, 0.5) is 13.2 Å². The van der Waals surface area contributed by atoms with Gasteiger partial charge in [0, 0.05) is 6.54 Å². The summed E-state index contributed by atoms with van der Waals surface area (Å²) in [6.45, 7) is 4.24. The molecule has 0 saturated carbocycles. The summed E-state index contributed by atoms with van der Waals surface area (Å²) >= 11 is 0. The lowest BCUT2D eigenvalue weighted by molar-refractivity contribution is -0.153. The van der Waals surface area contributed by atoms with Crippen LogP contribution in [0, 0.1) is 0 Å². The van der Waals surface area contributed by atoms with E-state index in [-0.39, 0.29) is 5.75 Å². The molecule has 0 bridgehead atoms. The number of nitrogens with one attached hydrogen (secondary N) is 1. The molecular weight excluding hydrogens is 259 g/mol. The monoisotopic (exact) mass is 277 g/mol. The normalized spacial score (nSPS) is 11.4. The molecule has 0 aliphatic rings. The molecule has 108 valence electrons. The molecule has 1 N–H and O–H groups in total. The van der Waals surface area contributed by atoms with Crippen LogP contribution in [0.2, 0.25) is 0 Å². The van der Waals surface area contributed by atoms with Gasteiger partial charge in [0.25, 0.3) is 0 Å². The highest BCUT2D eigenvalue weighted by Crippen LogP contribution is 2.30. The van der Waals surface area contributed by atoms with E-state index in [4.69, 9.17) is 9.47 Å². The summed E-state index contributed by atoms with van der Waals surface area (Å²) in [6, 6.07) is 4.91. The van der Waals surface area contributed by atoms with Crippen LogP contribution in [0.25, 0.3) is 0 Å². The van der Waals surface area contributed by atoms with Crippen molar-refractivity contribution in [2.24, 2.45) is 0 Å². The Kier molecular flexibility index (Phi) is 5.95. The van der Waals surface area contributed by atoms with Gasteiger partial charge in [0.2, 0.25) is 0 Å². The van der Waals surface area contributed by atoms with Crippen molar-refractivity contribution in [2.45, 2.75) is 26.6 Å². The number of hydrogen-bond donors (Lipinski definition) is 1. The Bertz CT molecular complexity index is 394. The van der Waals surface area contributed by atoms with Crippen LogP contribution in [-0.4, -0.2) is 25.9 Å². The van der Waals surface area contributed by atoms with E-state index < -0.39 is 12.8 Å². The summed E-state index contributed by atoms with van der Waals surface area (Å²) in [6.07, 6.45) is -4.36. The predicted molar refractivity (Wildman–Crippen MR) is 66.5 cm³/mol. The van der Waals surface area contributed by atoms with E-state index in [1.54, 1.807) is 19.1 Å². The number of benzene rings is 1. The second kappa shape index (κ2) is 7.23. The lowest BCUT2D eigenvalue weighted by Gasteiger charge is -2.14. The second-order valence-electron chi connectivity index (χ2n) is 3.90. The zero-order chi connectivity index (χ0) is 14.3. The Hall–Kier alpha value is -1.43. The summed E-state index contributed by atoms with van der Waals surface area (Å²) in [5, 5.41) is 3.13. The second-order valence-corrected chi connectivity index (χ2v) is 3.90. The molecule has 0 heterocycles. The predicted octanol–water partition coefficient (Wildman–Crippen LogP) is 3.14. The van der Waals surface area contributed by atoms with Gasteiger partial charge in [-0.05, 0) is 31.2 Å². The van der Waals surface area contributed by atoms with Crippen molar-refractivity contribution in [3.63, 3.8) is 0 Å². The van der Waals surface area contributed by atoms with Crippen LogP contribution < -0.4 is 14.8 Å². The van der Waals surface area contributed by atoms with Crippen molar-refractivity contribution in [3.05, 3.63) is 23.8 Å². The molecule has 0 spiro atoms. The molecule has 0 fully saturated rings. The van der Waals surface area contributed by atoms with E-state index in [0.717, 1.165) is 12.1 Å². The van der Waals surface area contributed by atoms with E-state index in [9.17, 15) is 13.2 Å². The lowest BCUT2D eigenvalue weighted by atomic mass is 10.2. The highest BCUT2D eigenvalue weighted by Gasteiger charge is 2.29. The van der Waals surface area contributed by atoms with E-state index in [2.05, 4.69) is 5.32 Å². The first-order valence-corrected chi connectivity index (χ1v) is 6.12. The number of hydrogen-bond acceptors (Lipinski definition) is 3. The first kappa shape index (κ1) is 15.6. The molecule has 0 atom stereocenters. The highest BCUT2D eigenvalue weighted by atomic mass is 19.4. The van der Waals surface area contributed by atoms with Crippen LogP contribution in [-0.2, 0) is 6.54 Å². The van der Waals surface area contributed by atoms with Gasteiger partial charge in [-0.25, -0.2) is 0 Å². The molecular formula is C13H18F3NO2. The molecule has 0 aromatic heterocycles. The van der Waals surface area contributed by atoms with Gasteiger partial charge in [-0.15, -0.1) is 0 Å². The Balaban J connectivity index is 2.78. The van der Waals surface area contributed by atoms with Crippen molar-refractivity contribution < 1.29 is 22.6 Å². The standard InChI is InChI=1S/C13H18F3NO2/c1-3-17-8-10-5-6-11(12(7-10)18-4-2)19-9-13(14,15)16/h5-7,17H,3-4,8-9H2,1-2H3. The zero-order valence-corrected chi connectivity index (χ0v) is 11.0. The largest absolute Gasteiger partial charge is 0.490 e. The van der Waals surface area contributed by atoms with Crippen LogP contribution >= 0.6 is 0 Å². The van der Waals surface area contributed by atoms with E-state index >= 15 is 0 Å². The lowest BCUT2D eigenvalue weighted by Crippen LogP contribution is -2.19. The maximum atomic E-state index is 12.1. The van der Waals surface area contributed by atoms with Crippen molar-refractivity contribution in [1.29, 1.82) is 0 Å². The molecule has 6 heteroatoms. The van der Waals surface area contributed by atoms with Gasteiger partial charge >= 0.3 is 6.18 Å². The average molecular weight is 277 g/mol. The molecule has 1 rings (SSSR count). The third kappa shape index (κ3) is 5.83. The fourth-order valence-corrected chi connectivity index (χ4v) is 1.48. The molecule has 0 saturated heterocycles. The molecule has 0 aliphatic heterocycles. The van der Waals surface area contributed by atoms with Crippen molar-refractivity contribution >= 4 is 0 Å². The topological polar surface area (TPSA) is 30.5 Å². The van der Waals surface area contributed by atoms with Gasteiger partial charge in [-0.2, -0.15) is 13.2 Å². The minimum absolute atomic E-state index is 0.111. The molecule has 3 nitrogen and oxygen atoms in total. The van der Waals surface area contributed by atoms with Crippen LogP contribution in [0.5, 0.6) is 11.5 Å². The first-order valence-electron chi connectivity index (χ1n) is 6.12. The molecule has 0 aliphatic carbocycles. The molecule has 0 amide bonds. The highest BCUT2D eigenvalue weighted by molar-refractivity contribution is 5.43. The van der Waals surface area contributed by atoms with Crippen LogP contribution in [0.3, 0.4) is 0 Å². The van der Waals surface area contributed by atoms with Gasteiger partial charge in [0.1, 0.15) is 0 Å². The fraction of sp³-hybridized carbons (Fsp3) is 0.538. The van der Waals surface area contributed by atoms with Gasteiger partial charge < -0.3 is 14.8 Å². The molecule has 1 aromatic rings. The van der Waals surface area contributed by atoms with Gasteiger partial charge in [0.15, 0.2) is 18.1 Å². The van der Waals surface area contributed by atoms with E-state index in [1.807, 2.05) is 6.92 Å². The molecule has 1 aromatic carbocycles. The van der Waals surface area contributed by atoms with Crippen molar-refractivity contribution in [1.82, 2.24) is 5.32 Å². The average Bonchev–Trinajstić information content (AvgIpc) is 2.34. The smallest absolute Gasteiger partial charge is 0.422 e. The van der Waals surface area contributed by atoms with Crippen LogP contribution in [0.1, 0.15) is 19.4 Å². The van der Waals surface area contributed by atoms with E-state index in [1.165, 1.54) is 6.07 Å². The molecule has 19 heavy (non-hydrogen) atoms. The van der Waals surface area contributed by atoms with Gasteiger partial charge in [-0.3, -0.25) is 0 Å². The van der Waals surface area contributed by atoms with E-state index in [0.29, 0.717) is 18.9 Å². The minimum Gasteiger partial charge on any atom is -0.490 e. The zero-order valence-electron chi connectivity index (χ0n) is 11.0. The number of ether oxygens (including phenoxy) is 2. The Morgan fingerprint density at radius 1 is 1.11 bits per heavy atom.